The lowest BCUT2D eigenvalue weighted by Crippen LogP contribution is -2.05. The molecule has 0 bridgehead atoms. The summed E-state index contributed by atoms with van der Waals surface area (Å²) < 4.78 is 30.7. The van der Waals surface area contributed by atoms with Gasteiger partial charge in [-0.1, -0.05) is 22.0 Å². The van der Waals surface area contributed by atoms with Crippen molar-refractivity contribution >= 4 is 15.9 Å². The molecule has 0 aliphatic carbocycles. The largest absolute Gasteiger partial charge is 0.376 e. The Morgan fingerprint density at radius 1 is 1.46 bits per heavy atom. The van der Waals surface area contributed by atoms with Gasteiger partial charge in [-0.15, -0.1) is 0 Å². The van der Waals surface area contributed by atoms with E-state index in [1.807, 2.05) is 0 Å². The van der Waals surface area contributed by atoms with Crippen LogP contribution in [0.4, 0.5) is 8.78 Å². The third kappa shape index (κ3) is 2.48. The zero-order valence-electron chi connectivity index (χ0n) is 7.06. The minimum Gasteiger partial charge on any atom is -0.376 e. The topological polar surface area (TPSA) is 9.23 Å². The SMILES string of the molecule is COC(CBr)c1ccc(F)cc1F. The Labute approximate surface area is 83.8 Å². The van der Waals surface area contributed by atoms with Crippen molar-refractivity contribution in [2.75, 3.05) is 12.4 Å². The maximum absolute atomic E-state index is 13.1. The molecule has 1 atom stereocenters. The Bertz CT molecular complexity index is 287. The Kier molecular flexibility index (Phi) is 3.81. The second kappa shape index (κ2) is 4.67. The smallest absolute Gasteiger partial charge is 0.131 e. The van der Waals surface area contributed by atoms with Crippen molar-refractivity contribution in [3.63, 3.8) is 0 Å². The molecule has 13 heavy (non-hydrogen) atoms. The summed E-state index contributed by atoms with van der Waals surface area (Å²) in [6.45, 7) is 0. The van der Waals surface area contributed by atoms with E-state index in [0.29, 0.717) is 10.9 Å². The molecule has 0 saturated carbocycles. The molecule has 0 spiro atoms. The van der Waals surface area contributed by atoms with Gasteiger partial charge >= 0.3 is 0 Å². The molecule has 1 rings (SSSR count). The number of hydrogen-bond donors (Lipinski definition) is 0. The van der Waals surface area contributed by atoms with Gasteiger partial charge in [-0.2, -0.15) is 0 Å². The molecule has 0 aliphatic heterocycles. The molecule has 1 nitrogen and oxygen atoms in total. The normalized spacial score (nSPS) is 12.9. The summed E-state index contributed by atoms with van der Waals surface area (Å²) in [6, 6.07) is 3.46. The van der Waals surface area contributed by atoms with E-state index in [4.69, 9.17) is 4.74 Å². The van der Waals surface area contributed by atoms with Crippen LogP contribution in [0.5, 0.6) is 0 Å². The third-order valence-electron chi connectivity index (χ3n) is 1.73. The molecule has 0 radical (unpaired) electrons. The van der Waals surface area contributed by atoms with Crippen molar-refractivity contribution in [1.82, 2.24) is 0 Å². The van der Waals surface area contributed by atoms with E-state index in [1.54, 1.807) is 0 Å². The lowest BCUT2D eigenvalue weighted by molar-refractivity contribution is 0.121. The Balaban J connectivity index is 2.99. The molecule has 1 unspecified atom stereocenters. The number of benzene rings is 1. The number of hydrogen-bond acceptors (Lipinski definition) is 1. The van der Waals surface area contributed by atoms with Crippen LogP contribution >= 0.6 is 15.9 Å². The number of alkyl halides is 1. The van der Waals surface area contributed by atoms with E-state index < -0.39 is 11.6 Å². The average molecular weight is 251 g/mol. The number of methoxy groups -OCH3 is 1. The fourth-order valence-electron chi connectivity index (χ4n) is 1.04. The van der Waals surface area contributed by atoms with E-state index in [0.717, 1.165) is 6.07 Å². The Morgan fingerprint density at radius 3 is 2.62 bits per heavy atom. The van der Waals surface area contributed by atoms with Crippen molar-refractivity contribution in [1.29, 1.82) is 0 Å². The van der Waals surface area contributed by atoms with Gasteiger partial charge in [0.15, 0.2) is 0 Å². The van der Waals surface area contributed by atoms with Gasteiger partial charge in [0.25, 0.3) is 0 Å². The summed E-state index contributed by atoms with van der Waals surface area (Å²) in [5, 5.41) is 0.478. The molecule has 0 heterocycles. The van der Waals surface area contributed by atoms with Crippen LogP contribution < -0.4 is 0 Å². The van der Waals surface area contributed by atoms with E-state index in [-0.39, 0.29) is 6.10 Å². The van der Waals surface area contributed by atoms with Crippen LogP contribution in [-0.2, 0) is 4.74 Å². The summed E-state index contributed by atoms with van der Waals surface area (Å²) in [4.78, 5) is 0. The Hall–Kier alpha value is -0.480. The zero-order chi connectivity index (χ0) is 9.84. The van der Waals surface area contributed by atoms with Gasteiger partial charge < -0.3 is 4.74 Å². The number of rotatable bonds is 3. The van der Waals surface area contributed by atoms with Crippen LogP contribution in [0, 0.1) is 11.6 Å². The second-order valence-electron chi connectivity index (χ2n) is 2.54. The van der Waals surface area contributed by atoms with E-state index in [2.05, 4.69) is 15.9 Å². The molecule has 72 valence electrons. The second-order valence-corrected chi connectivity index (χ2v) is 3.19. The molecule has 0 aliphatic rings. The lowest BCUT2D eigenvalue weighted by atomic mass is 10.1. The van der Waals surface area contributed by atoms with Crippen LogP contribution in [-0.4, -0.2) is 12.4 Å². The molecule has 1 aromatic rings. The van der Waals surface area contributed by atoms with Crippen LogP contribution in [0.2, 0.25) is 0 Å². The monoisotopic (exact) mass is 250 g/mol. The van der Waals surface area contributed by atoms with Gasteiger partial charge in [0, 0.05) is 24.1 Å². The molecule has 1 aromatic carbocycles. The van der Waals surface area contributed by atoms with E-state index >= 15 is 0 Å². The van der Waals surface area contributed by atoms with Crippen LogP contribution in [0.3, 0.4) is 0 Å². The van der Waals surface area contributed by atoms with Crippen LogP contribution in [0.25, 0.3) is 0 Å². The quantitative estimate of drug-likeness (QED) is 0.750. The molecule has 0 saturated heterocycles. The van der Waals surface area contributed by atoms with Crippen molar-refractivity contribution in [2.45, 2.75) is 6.10 Å². The van der Waals surface area contributed by atoms with E-state index in [9.17, 15) is 8.78 Å². The van der Waals surface area contributed by atoms with Crippen molar-refractivity contribution in [3.8, 4) is 0 Å². The highest BCUT2D eigenvalue weighted by Gasteiger charge is 2.13. The molecule has 0 fully saturated rings. The minimum absolute atomic E-state index is 0.362. The maximum Gasteiger partial charge on any atom is 0.131 e. The van der Waals surface area contributed by atoms with Gasteiger partial charge in [0.1, 0.15) is 11.6 Å². The summed E-state index contributed by atoms with van der Waals surface area (Å²) in [5.41, 5.74) is 0.362. The van der Waals surface area contributed by atoms with Crippen LogP contribution in [0.15, 0.2) is 18.2 Å². The molecule has 0 amide bonds. The number of ether oxygens (including phenoxy) is 1. The fourth-order valence-corrected chi connectivity index (χ4v) is 1.65. The first kappa shape index (κ1) is 10.6. The van der Waals surface area contributed by atoms with Gasteiger partial charge in [0.2, 0.25) is 0 Å². The summed E-state index contributed by atoms with van der Waals surface area (Å²) in [6.07, 6.45) is -0.374. The first-order valence-electron chi connectivity index (χ1n) is 3.72. The molecule has 0 N–H and O–H groups in total. The van der Waals surface area contributed by atoms with Crippen molar-refractivity contribution in [2.24, 2.45) is 0 Å². The summed E-state index contributed by atoms with van der Waals surface area (Å²) in [7, 11) is 1.48. The third-order valence-corrected chi connectivity index (χ3v) is 2.32. The minimum atomic E-state index is -0.578. The highest BCUT2D eigenvalue weighted by atomic mass is 79.9. The highest BCUT2D eigenvalue weighted by molar-refractivity contribution is 9.09. The van der Waals surface area contributed by atoms with Gasteiger partial charge in [-0.3, -0.25) is 0 Å². The van der Waals surface area contributed by atoms with Crippen LogP contribution in [0.1, 0.15) is 11.7 Å². The standard InChI is InChI=1S/C9H9BrF2O/c1-13-9(5-10)7-3-2-6(11)4-8(7)12/h2-4,9H,5H2,1H3. The number of halogens is 3. The lowest BCUT2D eigenvalue weighted by Gasteiger charge is -2.12. The first-order valence-corrected chi connectivity index (χ1v) is 4.85. The molecular weight excluding hydrogens is 242 g/mol. The van der Waals surface area contributed by atoms with Crippen molar-refractivity contribution < 1.29 is 13.5 Å². The maximum atomic E-state index is 13.1. The van der Waals surface area contributed by atoms with Gasteiger partial charge in [-0.25, -0.2) is 8.78 Å². The fraction of sp³-hybridized carbons (Fsp3) is 0.333. The van der Waals surface area contributed by atoms with Gasteiger partial charge in [0.05, 0.1) is 6.10 Å². The molecule has 0 aromatic heterocycles. The molecule has 4 heteroatoms. The predicted molar refractivity (Wildman–Crippen MR) is 49.9 cm³/mol. The Morgan fingerprint density at radius 2 is 2.15 bits per heavy atom. The zero-order valence-corrected chi connectivity index (χ0v) is 8.64. The average Bonchev–Trinajstić information content (AvgIpc) is 2.10. The highest BCUT2D eigenvalue weighted by Crippen LogP contribution is 2.22. The van der Waals surface area contributed by atoms with Crippen molar-refractivity contribution in [3.05, 3.63) is 35.4 Å². The van der Waals surface area contributed by atoms with E-state index in [1.165, 1.54) is 19.2 Å². The molecular formula is C9H9BrF2O. The predicted octanol–water partition coefficient (Wildman–Crippen LogP) is 3.05. The first-order chi connectivity index (χ1) is 6.19. The summed E-state index contributed by atoms with van der Waals surface area (Å²) >= 11 is 3.18. The van der Waals surface area contributed by atoms with Gasteiger partial charge in [-0.05, 0) is 6.07 Å². The summed E-state index contributed by atoms with van der Waals surface area (Å²) in [5.74, 6) is -1.16.